The Bertz CT molecular complexity index is 330. The number of Topliss-reactive ketones (excluding diaryl/α,β-unsaturated/α-hetero) is 1. The van der Waals surface area contributed by atoms with Crippen LogP contribution >= 0.6 is 11.6 Å². The number of ether oxygens (including phenoxy) is 1. The standard InChI is InChI=1S/C8H7ClFNO2/c1-13-4-6(12)5-2-3-11-8(9)7(5)10/h2-3H,4H2,1H3. The Labute approximate surface area is 79.5 Å². The summed E-state index contributed by atoms with van der Waals surface area (Å²) >= 11 is 5.38. The number of ketones is 1. The van der Waals surface area contributed by atoms with E-state index >= 15 is 0 Å². The first-order valence-corrected chi connectivity index (χ1v) is 3.86. The van der Waals surface area contributed by atoms with Crippen LogP contribution in [0.25, 0.3) is 0 Å². The van der Waals surface area contributed by atoms with Crippen LogP contribution < -0.4 is 0 Å². The molecule has 0 atom stereocenters. The Hall–Kier alpha value is -1.000. The van der Waals surface area contributed by atoms with Crippen molar-refractivity contribution in [2.75, 3.05) is 13.7 Å². The van der Waals surface area contributed by atoms with Gasteiger partial charge in [0, 0.05) is 13.3 Å². The molecular formula is C8H7ClFNO2. The predicted octanol–water partition coefficient (Wildman–Crippen LogP) is 1.70. The highest BCUT2D eigenvalue weighted by molar-refractivity contribution is 6.29. The summed E-state index contributed by atoms with van der Waals surface area (Å²) in [6.07, 6.45) is 1.27. The number of methoxy groups -OCH3 is 1. The second-order valence-electron chi connectivity index (χ2n) is 2.32. The van der Waals surface area contributed by atoms with Gasteiger partial charge in [0.15, 0.2) is 16.8 Å². The van der Waals surface area contributed by atoms with Crippen LogP contribution in [0.5, 0.6) is 0 Å². The second kappa shape index (κ2) is 4.30. The van der Waals surface area contributed by atoms with Crippen LogP contribution in [0.1, 0.15) is 10.4 Å². The Morgan fingerprint density at radius 1 is 1.77 bits per heavy atom. The van der Waals surface area contributed by atoms with Gasteiger partial charge >= 0.3 is 0 Å². The molecule has 13 heavy (non-hydrogen) atoms. The highest BCUT2D eigenvalue weighted by Gasteiger charge is 2.14. The molecule has 0 bridgehead atoms. The van der Waals surface area contributed by atoms with Gasteiger partial charge in [-0.05, 0) is 6.07 Å². The first kappa shape index (κ1) is 10.1. The van der Waals surface area contributed by atoms with Gasteiger partial charge in [0.25, 0.3) is 0 Å². The van der Waals surface area contributed by atoms with Crippen LogP contribution in [0.15, 0.2) is 12.3 Å². The van der Waals surface area contributed by atoms with Crippen molar-refractivity contribution in [3.8, 4) is 0 Å². The second-order valence-corrected chi connectivity index (χ2v) is 2.68. The minimum Gasteiger partial charge on any atom is -0.377 e. The van der Waals surface area contributed by atoms with Gasteiger partial charge in [-0.1, -0.05) is 11.6 Å². The zero-order valence-corrected chi connectivity index (χ0v) is 7.64. The van der Waals surface area contributed by atoms with E-state index < -0.39 is 11.6 Å². The molecule has 0 radical (unpaired) electrons. The summed E-state index contributed by atoms with van der Waals surface area (Å²) in [7, 11) is 1.36. The monoisotopic (exact) mass is 203 g/mol. The molecule has 0 fully saturated rings. The van der Waals surface area contributed by atoms with Gasteiger partial charge in [0.2, 0.25) is 0 Å². The molecule has 70 valence electrons. The van der Waals surface area contributed by atoms with Crippen molar-refractivity contribution < 1.29 is 13.9 Å². The predicted molar refractivity (Wildman–Crippen MR) is 45.4 cm³/mol. The molecule has 0 aliphatic carbocycles. The fourth-order valence-corrected chi connectivity index (χ4v) is 1.00. The molecule has 3 nitrogen and oxygen atoms in total. The molecule has 1 heterocycles. The molecule has 0 unspecified atom stereocenters. The third kappa shape index (κ3) is 2.23. The Morgan fingerprint density at radius 2 is 2.46 bits per heavy atom. The van der Waals surface area contributed by atoms with Crippen molar-refractivity contribution in [3.05, 3.63) is 28.8 Å². The molecule has 1 aromatic heterocycles. The third-order valence-corrected chi connectivity index (χ3v) is 1.69. The van der Waals surface area contributed by atoms with Gasteiger partial charge < -0.3 is 4.74 Å². The van der Waals surface area contributed by atoms with Crippen LogP contribution in [0, 0.1) is 5.82 Å². The van der Waals surface area contributed by atoms with Crippen LogP contribution in [-0.4, -0.2) is 24.5 Å². The number of carbonyl (C=O) groups excluding carboxylic acids is 1. The summed E-state index contributed by atoms with van der Waals surface area (Å²) in [4.78, 5) is 14.6. The number of pyridine rings is 1. The number of carbonyl (C=O) groups is 1. The van der Waals surface area contributed by atoms with E-state index in [2.05, 4.69) is 9.72 Å². The topological polar surface area (TPSA) is 39.2 Å². The van der Waals surface area contributed by atoms with Gasteiger partial charge in [-0.25, -0.2) is 9.37 Å². The first-order chi connectivity index (χ1) is 6.16. The van der Waals surface area contributed by atoms with Gasteiger partial charge in [-0.15, -0.1) is 0 Å². The van der Waals surface area contributed by atoms with Crippen molar-refractivity contribution in [2.45, 2.75) is 0 Å². The largest absolute Gasteiger partial charge is 0.377 e. The quantitative estimate of drug-likeness (QED) is 0.555. The van der Waals surface area contributed by atoms with Crippen LogP contribution in [0.4, 0.5) is 4.39 Å². The fourth-order valence-electron chi connectivity index (χ4n) is 0.842. The van der Waals surface area contributed by atoms with E-state index in [1.165, 1.54) is 19.4 Å². The van der Waals surface area contributed by atoms with E-state index in [4.69, 9.17) is 11.6 Å². The average molecular weight is 204 g/mol. The van der Waals surface area contributed by atoms with Crippen molar-refractivity contribution >= 4 is 17.4 Å². The number of hydrogen-bond donors (Lipinski definition) is 0. The molecule has 0 saturated carbocycles. The van der Waals surface area contributed by atoms with Crippen LogP contribution in [0.2, 0.25) is 5.15 Å². The summed E-state index contributed by atoms with van der Waals surface area (Å²) in [6, 6.07) is 1.27. The first-order valence-electron chi connectivity index (χ1n) is 3.49. The van der Waals surface area contributed by atoms with E-state index in [1.54, 1.807) is 0 Å². The van der Waals surface area contributed by atoms with E-state index in [0.717, 1.165) is 0 Å². The van der Waals surface area contributed by atoms with Crippen molar-refractivity contribution in [2.24, 2.45) is 0 Å². The highest BCUT2D eigenvalue weighted by atomic mass is 35.5. The zero-order valence-electron chi connectivity index (χ0n) is 6.88. The smallest absolute Gasteiger partial charge is 0.191 e. The number of rotatable bonds is 3. The summed E-state index contributed by atoms with van der Waals surface area (Å²) < 4.78 is 17.7. The Balaban J connectivity index is 3.01. The molecule has 0 aliphatic rings. The van der Waals surface area contributed by atoms with Gasteiger partial charge in [-0.3, -0.25) is 4.79 Å². The number of halogens is 2. The maximum atomic E-state index is 13.1. The minimum atomic E-state index is -0.800. The summed E-state index contributed by atoms with van der Waals surface area (Å²) in [6.45, 7) is -0.169. The lowest BCUT2D eigenvalue weighted by molar-refractivity contribution is 0.0843. The van der Waals surface area contributed by atoms with E-state index in [0.29, 0.717) is 0 Å². The van der Waals surface area contributed by atoms with E-state index in [9.17, 15) is 9.18 Å². The van der Waals surface area contributed by atoms with Gasteiger partial charge in [-0.2, -0.15) is 0 Å². The molecule has 1 aromatic rings. The van der Waals surface area contributed by atoms with Crippen molar-refractivity contribution in [1.82, 2.24) is 4.98 Å². The molecule has 0 spiro atoms. The van der Waals surface area contributed by atoms with E-state index in [1.807, 2.05) is 0 Å². The number of aromatic nitrogens is 1. The fraction of sp³-hybridized carbons (Fsp3) is 0.250. The lowest BCUT2D eigenvalue weighted by Gasteiger charge is -2.01. The lowest BCUT2D eigenvalue weighted by Crippen LogP contribution is -2.09. The normalized spacial score (nSPS) is 10.1. The molecule has 0 aliphatic heterocycles. The molecule has 5 heteroatoms. The minimum absolute atomic E-state index is 0.0955. The van der Waals surface area contributed by atoms with Crippen molar-refractivity contribution in [1.29, 1.82) is 0 Å². The van der Waals surface area contributed by atoms with Crippen molar-refractivity contribution in [3.63, 3.8) is 0 Å². The summed E-state index contributed by atoms with van der Waals surface area (Å²) in [5, 5.41) is -0.304. The van der Waals surface area contributed by atoms with Crippen LogP contribution in [0.3, 0.4) is 0 Å². The number of hydrogen-bond acceptors (Lipinski definition) is 3. The summed E-state index contributed by atoms with van der Waals surface area (Å²) in [5.41, 5.74) is -0.0955. The molecule has 0 amide bonds. The van der Waals surface area contributed by atoms with Gasteiger partial charge in [0.1, 0.15) is 6.61 Å². The zero-order chi connectivity index (χ0) is 9.84. The maximum Gasteiger partial charge on any atom is 0.191 e. The average Bonchev–Trinajstić information content (AvgIpc) is 2.10. The number of nitrogens with zero attached hydrogens (tertiary/aromatic N) is 1. The molecule has 0 aromatic carbocycles. The molecular weight excluding hydrogens is 197 g/mol. The molecule has 0 N–H and O–H groups in total. The highest BCUT2D eigenvalue weighted by Crippen LogP contribution is 2.15. The lowest BCUT2D eigenvalue weighted by atomic mass is 10.2. The third-order valence-electron chi connectivity index (χ3n) is 1.42. The van der Waals surface area contributed by atoms with E-state index in [-0.39, 0.29) is 17.3 Å². The Kier molecular flexibility index (Phi) is 3.33. The van der Waals surface area contributed by atoms with Gasteiger partial charge in [0.05, 0.1) is 5.56 Å². The Morgan fingerprint density at radius 3 is 3.08 bits per heavy atom. The molecule has 0 saturated heterocycles. The SMILES string of the molecule is COCC(=O)c1ccnc(Cl)c1F. The molecule has 1 rings (SSSR count). The summed E-state index contributed by atoms with van der Waals surface area (Å²) in [5.74, 6) is -1.25. The maximum absolute atomic E-state index is 13.1. The van der Waals surface area contributed by atoms with Crippen LogP contribution in [-0.2, 0) is 4.74 Å².